The molecule has 0 amide bonds. The third kappa shape index (κ3) is 19.9. The summed E-state index contributed by atoms with van der Waals surface area (Å²) >= 11 is 4.85. The minimum atomic E-state index is 1.28. The third-order valence-corrected chi connectivity index (χ3v) is 3.91. The SMILES string of the molecule is CCCN(CCC)CCC.ICCCCCI. The topological polar surface area (TPSA) is 3.24 Å². The van der Waals surface area contributed by atoms with Crippen LogP contribution in [-0.2, 0) is 0 Å². The summed E-state index contributed by atoms with van der Waals surface area (Å²) in [6, 6.07) is 0. The first-order valence-corrected chi connectivity index (χ1v) is 10.2. The molecule has 0 aromatic carbocycles. The van der Waals surface area contributed by atoms with Crippen LogP contribution in [0.3, 0.4) is 0 Å². The molecule has 17 heavy (non-hydrogen) atoms. The molecule has 1 nitrogen and oxygen atoms in total. The highest BCUT2D eigenvalue weighted by atomic mass is 127. The van der Waals surface area contributed by atoms with E-state index in [2.05, 4.69) is 70.9 Å². The van der Waals surface area contributed by atoms with Gasteiger partial charge in [0.25, 0.3) is 0 Å². The van der Waals surface area contributed by atoms with Crippen molar-refractivity contribution in [3.8, 4) is 0 Å². The lowest BCUT2D eigenvalue weighted by Crippen LogP contribution is -2.25. The summed E-state index contributed by atoms with van der Waals surface area (Å²) in [4.78, 5) is 2.54. The lowest BCUT2D eigenvalue weighted by Gasteiger charge is -2.19. The number of hydrogen-bond donors (Lipinski definition) is 0. The molecule has 0 aliphatic carbocycles. The van der Waals surface area contributed by atoms with Crippen molar-refractivity contribution < 1.29 is 0 Å². The first-order chi connectivity index (χ1) is 8.26. The molecule has 0 aromatic rings. The normalized spacial score (nSPS) is 10.2. The summed E-state index contributed by atoms with van der Waals surface area (Å²) in [5.41, 5.74) is 0. The lowest BCUT2D eigenvalue weighted by molar-refractivity contribution is 0.275. The summed E-state index contributed by atoms with van der Waals surface area (Å²) in [6.45, 7) is 10.6. The van der Waals surface area contributed by atoms with Crippen molar-refractivity contribution in [2.45, 2.75) is 59.3 Å². The van der Waals surface area contributed by atoms with Gasteiger partial charge in [0.15, 0.2) is 0 Å². The van der Waals surface area contributed by atoms with E-state index >= 15 is 0 Å². The Hall–Kier alpha value is 1.42. The second-order valence-corrected chi connectivity index (χ2v) is 6.44. The smallest absolute Gasteiger partial charge is 0.000472 e. The highest BCUT2D eigenvalue weighted by molar-refractivity contribution is 14.1. The average Bonchev–Trinajstić information content (AvgIpc) is 2.32. The Labute approximate surface area is 137 Å². The molecule has 0 radical (unpaired) electrons. The Morgan fingerprint density at radius 3 is 1.24 bits per heavy atom. The van der Waals surface area contributed by atoms with Crippen LogP contribution >= 0.6 is 45.2 Å². The van der Waals surface area contributed by atoms with E-state index in [1.54, 1.807) is 0 Å². The monoisotopic (exact) mass is 467 g/mol. The average molecular weight is 467 g/mol. The van der Waals surface area contributed by atoms with Gasteiger partial charge >= 0.3 is 0 Å². The second kappa shape index (κ2) is 19.8. The zero-order valence-electron chi connectivity index (χ0n) is 12.0. The van der Waals surface area contributed by atoms with E-state index < -0.39 is 0 Å². The van der Waals surface area contributed by atoms with Gasteiger partial charge in [-0.05, 0) is 60.6 Å². The zero-order valence-corrected chi connectivity index (χ0v) is 16.3. The van der Waals surface area contributed by atoms with Crippen LogP contribution in [0.15, 0.2) is 0 Å². The molecule has 0 aliphatic heterocycles. The Balaban J connectivity index is 0. The number of alkyl halides is 2. The summed E-state index contributed by atoms with van der Waals surface area (Å²) in [5.74, 6) is 0. The molecular weight excluding hydrogens is 436 g/mol. The Bertz CT molecular complexity index is 103. The highest BCUT2D eigenvalue weighted by Crippen LogP contribution is 2.00. The van der Waals surface area contributed by atoms with E-state index in [-0.39, 0.29) is 0 Å². The van der Waals surface area contributed by atoms with Crippen molar-refractivity contribution in [3.05, 3.63) is 0 Å². The molecule has 0 fully saturated rings. The van der Waals surface area contributed by atoms with Crippen LogP contribution in [0.25, 0.3) is 0 Å². The fourth-order valence-corrected chi connectivity index (χ4v) is 2.73. The van der Waals surface area contributed by atoms with Gasteiger partial charge in [0.1, 0.15) is 0 Å². The van der Waals surface area contributed by atoms with Crippen LogP contribution in [-0.4, -0.2) is 33.4 Å². The van der Waals surface area contributed by atoms with Crippen LogP contribution in [0, 0.1) is 0 Å². The summed E-state index contributed by atoms with van der Waals surface area (Å²) < 4.78 is 2.66. The molecule has 0 bridgehead atoms. The molecule has 106 valence electrons. The van der Waals surface area contributed by atoms with Crippen molar-refractivity contribution in [1.29, 1.82) is 0 Å². The lowest BCUT2D eigenvalue weighted by atomic mass is 10.3. The highest BCUT2D eigenvalue weighted by Gasteiger charge is 1.98. The maximum atomic E-state index is 2.54. The van der Waals surface area contributed by atoms with Gasteiger partial charge in [0.2, 0.25) is 0 Å². The molecule has 0 aromatic heterocycles. The Morgan fingerprint density at radius 1 is 0.647 bits per heavy atom. The van der Waals surface area contributed by atoms with E-state index in [1.165, 1.54) is 67.0 Å². The van der Waals surface area contributed by atoms with Crippen LogP contribution in [0.4, 0.5) is 0 Å². The van der Waals surface area contributed by atoms with Gasteiger partial charge in [-0.2, -0.15) is 0 Å². The van der Waals surface area contributed by atoms with Gasteiger partial charge in [0.05, 0.1) is 0 Å². The van der Waals surface area contributed by atoms with E-state index in [4.69, 9.17) is 0 Å². The van der Waals surface area contributed by atoms with E-state index in [9.17, 15) is 0 Å². The summed E-state index contributed by atoms with van der Waals surface area (Å²) in [7, 11) is 0. The number of unbranched alkanes of at least 4 members (excludes halogenated alkanes) is 2. The van der Waals surface area contributed by atoms with E-state index in [0.717, 1.165) is 0 Å². The van der Waals surface area contributed by atoms with Gasteiger partial charge in [0, 0.05) is 0 Å². The molecule has 0 saturated heterocycles. The molecule has 0 rings (SSSR count). The molecule has 0 aliphatic rings. The van der Waals surface area contributed by atoms with Crippen LogP contribution in [0.2, 0.25) is 0 Å². The summed E-state index contributed by atoms with van der Waals surface area (Å²) in [5, 5.41) is 0. The molecule has 0 heterocycles. The van der Waals surface area contributed by atoms with Crippen molar-refractivity contribution >= 4 is 45.2 Å². The van der Waals surface area contributed by atoms with Gasteiger partial charge in [-0.3, -0.25) is 0 Å². The van der Waals surface area contributed by atoms with Gasteiger partial charge < -0.3 is 4.90 Å². The zero-order chi connectivity index (χ0) is 13.4. The van der Waals surface area contributed by atoms with Crippen molar-refractivity contribution in [2.24, 2.45) is 0 Å². The maximum Gasteiger partial charge on any atom is -0.000472 e. The minimum Gasteiger partial charge on any atom is -0.303 e. The van der Waals surface area contributed by atoms with Gasteiger partial charge in [-0.15, -0.1) is 0 Å². The standard InChI is InChI=1S/C9H21N.C5H10I2/c1-4-7-10(8-5-2)9-6-3;6-4-2-1-3-5-7/h4-9H2,1-3H3;1-5H2. The van der Waals surface area contributed by atoms with E-state index in [1.807, 2.05) is 0 Å². The Morgan fingerprint density at radius 2 is 1.00 bits per heavy atom. The van der Waals surface area contributed by atoms with Crippen LogP contribution in [0.5, 0.6) is 0 Å². The largest absolute Gasteiger partial charge is 0.303 e. The maximum absolute atomic E-state index is 2.54. The number of hydrogen-bond acceptors (Lipinski definition) is 1. The quantitative estimate of drug-likeness (QED) is 0.232. The van der Waals surface area contributed by atoms with Gasteiger partial charge in [-0.1, -0.05) is 72.4 Å². The first kappa shape index (κ1) is 20.7. The van der Waals surface area contributed by atoms with Gasteiger partial charge in [-0.25, -0.2) is 0 Å². The van der Waals surface area contributed by atoms with Crippen LogP contribution < -0.4 is 0 Å². The number of rotatable bonds is 10. The van der Waals surface area contributed by atoms with E-state index in [0.29, 0.717) is 0 Å². The fourth-order valence-electron chi connectivity index (χ4n) is 1.65. The first-order valence-electron chi connectivity index (χ1n) is 7.10. The molecule has 0 spiro atoms. The predicted octanol–water partition coefficient (Wildman–Crippen LogP) is 5.55. The van der Waals surface area contributed by atoms with Crippen molar-refractivity contribution in [3.63, 3.8) is 0 Å². The predicted molar refractivity (Wildman–Crippen MR) is 98.9 cm³/mol. The molecule has 0 saturated carbocycles. The molecular formula is C14H31I2N. The number of nitrogens with zero attached hydrogens (tertiary/aromatic N) is 1. The molecule has 3 heteroatoms. The van der Waals surface area contributed by atoms with Crippen molar-refractivity contribution in [1.82, 2.24) is 4.90 Å². The van der Waals surface area contributed by atoms with Crippen molar-refractivity contribution in [2.75, 3.05) is 28.5 Å². The third-order valence-electron chi connectivity index (χ3n) is 2.39. The fraction of sp³-hybridized carbons (Fsp3) is 1.00. The molecule has 0 N–H and O–H groups in total. The molecule has 0 atom stereocenters. The second-order valence-electron chi connectivity index (χ2n) is 4.28. The Kier molecular flexibility index (Phi) is 24.1. The molecule has 0 unspecified atom stereocenters. The summed E-state index contributed by atoms with van der Waals surface area (Å²) in [6.07, 6.45) is 8.11. The number of halogens is 2. The minimum absolute atomic E-state index is 1.28. The van der Waals surface area contributed by atoms with Crippen LogP contribution in [0.1, 0.15) is 59.3 Å².